The zero-order valence-corrected chi connectivity index (χ0v) is 9.49. The molecule has 0 saturated heterocycles. The van der Waals surface area contributed by atoms with Crippen LogP contribution in [0.4, 0.5) is 4.39 Å². The lowest BCUT2D eigenvalue weighted by Gasteiger charge is -2.34. The van der Waals surface area contributed by atoms with Crippen molar-refractivity contribution >= 4 is 0 Å². The SMILES string of the molecule is CC(Cc1ccc(F)cc1)NC1CC(O)C1. The fourth-order valence-electron chi connectivity index (χ4n) is 2.16. The molecule has 1 saturated carbocycles. The standard InChI is InChI=1S/C13H18FNO/c1-9(15-12-7-13(16)8-12)6-10-2-4-11(14)5-3-10/h2-5,9,12-13,15-16H,6-8H2,1H3. The van der Waals surface area contributed by atoms with E-state index in [1.165, 1.54) is 12.1 Å². The first kappa shape index (κ1) is 11.6. The molecule has 0 spiro atoms. The lowest BCUT2D eigenvalue weighted by atomic mass is 9.88. The van der Waals surface area contributed by atoms with Gasteiger partial charge in [-0.3, -0.25) is 0 Å². The van der Waals surface area contributed by atoms with E-state index in [-0.39, 0.29) is 11.9 Å². The second-order valence-electron chi connectivity index (χ2n) is 4.72. The van der Waals surface area contributed by atoms with Crippen molar-refractivity contribution < 1.29 is 9.50 Å². The molecule has 0 radical (unpaired) electrons. The minimum atomic E-state index is -0.188. The molecule has 2 N–H and O–H groups in total. The maximum atomic E-state index is 12.7. The van der Waals surface area contributed by atoms with Crippen LogP contribution < -0.4 is 5.32 Å². The Hall–Kier alpha value is -0.930. The molecule has 1 aliphatic rings. The molecule has 16 heavy (non-hydrogen) atoms. The van der Waals surface area contributed by atoms with Crippen molar-refractivity contribution in [3.05, 3.63) is 35.6 Å². The van der Waals surface area contributed by atoms with E-state index in [4.69, 9.17) is 5.11 Å². The van der Waals surface area contributed by atoms with Crippen LogP contribution in [0, 0.1) is 5.82 Å². The van der Waals surface area contributed by atoms with Crippen molar-refractivity contribution in [1.82, 2.24) is 5.32 Å². The van der Waals surface area contributed by atoms with Gasteiger partial charge in [-0.15, -0.1) is 0 Å². The molecule has 1 aromatic carbocycles. The maximum Gasteiger partial charge on any atom is 0.123 e. The van der Waals surface area contributed by atoms with Gasteiger partial charge in [-0.2, -0.15) is 0 Å². The van der Waals surface area contributed by atoms with E-state index in [9.17, 15) is 4.39 Å². The van der Waals surface area contributed by atoms with Crippen LogP contribution in [-0.2, 0) is 6.42 Å². The molecule has 0 bridgehead atoms. The molecule has 1 aliphatic carbocycles. The number of halogens is 1. The van der Waals surface area contributed by atoms with Crippen molar-refractivity contribution in [2.75, 3.05) is 0 Å². The summed E-state index contributed by atoms with van der Waals surface area (Å²) in [7, 11) is 0. The van der Waals surface area contributed by atoms with Gasteiger partial charge in [0.25, 0.3) is 0 Å². The van der Waals surface area contributed by atoms with Gasteiger partial charge in [0.05, 0.1) is 6.10 Å². The Morgan fingerprint density at radius 2 is 2.00 bits per heavy atom. The van der Waals surface area contributed by atoms with Gasteiger partial charge in [-0.1, -0.05) is 12.1 Å². The molecule has 3 heteroatoms. The number of benzene rings is 1. The highest BCUT2D eigenvalue weighted by atomic mass is 19.1. The maximum absolute atomic E-state index is 12.7. The quantitative estimate of drug-likeness (QED) is 0.816. The average Bonchev–Trinajstić information content (AvgIpc) is 2.19. The number of hydrogen-bond donors (Lipinski definition) is 2. The number of rotatable bonds is 4. The van der Waals surface area contributed by atoms with Crippen molar-refractivity contribution in [2.24, 2.45) is 0 Å². The Morgan fingerprint density at radius 3 is 2.56 bits per heavy atom. The van der Waals surface area contributed by atoms with Crippen LogP contribution in [0.15, 0.2) is 24.3 Å². The van der Waals surface area contributed by atoms with Crippen LogP contribution in [-0.4, -0.2) is 23.3 Å². The lowest BCUT2D eigenvalue weighted by molar-refractivity contribution is 0.0586. The second-order valence-corrected chi connectivity index (χ2v) is 4.72. The summed E-state index contributed by atoms with van der Waals surface area (Å²) in [5, 5.41) is 12.6. The van der Waals surface area contributed by atoms with E-state index in [2.05, 4.69) is 12.2 Å². The van der Waals surface area contributed by atoms with Gasteiger partial charge in [0.15, 0.2) is 0 Å². The third-order valence-electron chi connectivity index (χ3n) is 3.09. The van der Waals surface area contributed by atoms with E-state index in [1.807, 2.05) is 12.1 Å². The molecule has 1 unspecified atom stereocenters. The first-order chi connectivity index (χ1) is 7.63. The number of hydrogen-bond acceptors (Lipinski definition) is 2. The second kappa shape index (κ2) is 4.93. The predicted molar refractivity (Wildman–Crippen MR) is 61.7 cm³/mol. The Balaban J connectivity index is 1.78. The summed E-state index contributed by atoms with van der Waals surface area (Å²) in [6.07, 6.45) is 2.49. The summed E-state index contributed by atoms with van der Waals surface area (Å²) < 4.78 is 12.7. The largest absolute Gasteiger partial charge is 0.393 e. The minimum absolute atomic E-state index is 0.115. The minimum Gasteiger partial charge on any atom is -0.393 e. The third kappa shape index (κ3) is 3.03. The van der Waals surface area contributed by atoms with E-state index in [1.54, 1.807) is 0 Å². The van der Waals surface area contributed by atoms with Crippen LogP contribution in [0.2, 0.25) is 0 Å². The fraction of sp³-hybridized carbons (Fsp3) is 0.538. The normalized spacial score (nSPS) is 26.2. The van der Waals surface area contributed by atoms with Crippen molar-refractivity contribution in [2.45, 2.75) is 44.4 Å². The molecule has 0 heterocycles. The summed E-state index contributed by atoms with van der Waals surface area (Å²) in [6, 6.07) is 7.45. The lowest BCUT2D eigenvalue weighted by Crippen LogP contribution is -2.48. The molecule has 0 aliphatic heterocycles. The Kier molecular flexibility index (Phi) is 3.56. The van der Waals surface area contributed by atoms with Crippen LogP contribution >= 0.6 is 0 Å². The highest BCUT2D eigenvalue weighted by Crippen LogP contribution is 2.20. The number of nitrogens with one attached hydrogen (secondary N) is 1. The van der Waals surface area contributed by atoms with Gasteiger partial charge in [0, 0.05) is 12.1 Å². The van der Waals surface area contributed by atoms with Crippen molar-refractivity contribution in [3.8, 4) is 0 Å². The van der Waals surface area contributed by atoms with Crippen LogP contribution in [0.5, 0.6) is 0 Å². The van der Waals surface area contributed by atoms with Gasteiger partial charge < -0.3 is 10.4 Å². The van der Waals surface area contributed by atoms with Crippen LogP contribution in [0.3, 0.4) is 0 Å². The monoisotopic (exact) mass is 223 g/mol. The summed E-state index contributed by atoms with van der Waals surface area (Å²) in [4.78, 5) is 0. The van der Waals surface area contributed by atoms with E-state index in [0.717, 1.165) is 24.8 Å². The zero-order valence-electron chi connectivity index (χ0n) is 9.49. The summed E-state index contributed by atoms with van der Waals surface area (Å²) >= 11 is 0. The summed E-state index contributed by atoms with van der Waals surface area (Å²) in [5.41, 5.74) is 1.14. The van der Waals surface area contributed by atoms with Crippen molar-refractivity contribution in [1.29, 1.82) is 0 Å². The fourth-order valence-corrected chi connectivity index (χ4v) is 2.16. The summed E-state index contributed by atoms with van der Waals surface area (Å²) in [5.74, 6) is -0.188. The molecule has 2 nitrogen and oxygen atoms in total. The molecular weight excluding hydrogens is 205 g/mol. The molecular formula is C13H18FNO. The van der Waals surface area contributed by atoms with Crippen LogP contribution in [0.25, 0.3) is 0 Å². The Morgan fingerprint density at radius 1 is 1.38 bits per heavy atom. The number of aliphatic hydroxyl groups excluding tert-OH is 1. The highest BCUT2D eigenvalue weighted by Gasteiger charge is 2.27. The molecule has 88 valence electrons. The smallest absolute Gasteiger partial charge is 0.123 e. The van der Waals surface area contributed by atoms with Gasteiger partial charge >= 0.3 is 0 Å². The third-order valence-corrected chi connectivity index (χ3v) is 3.09. The van der Waals surface area contributed by atoms with E-state index >= 15 is 0 Å². The molecule has 2 rings (SSSR count). The molecule has 1 aromatic rings. The first-order valence-electron chi connectivity index (χ1n) is 5.82. The first-order valence-corrected chi connectivity index (χ1v) is 5.82. The Bertz CT molecular complexity index is 332. The van der Waals surface area contributed by atoms with E-state index in [0.29, 0.717) is 12.1 Å². The highest BCUT2D eigenvalue weighted by molar-refractivity contribution is 5.17. The van der Waals surface area contributed by atoms with Crippen LogP contribution in [0.1, 0.15) is 25.3 Å². The zero-order chi connectivity index (χ0) is 11.5. The average molecular weight is 223 g/mol. The van der Waals surface area contributed by atoms with Gasteiger partial charge in [0.2, 0.25) is 0 Å². The Labute approximate surface area is 95.5 Å². The predicted octanol–water partition coefficient (Wildman–Crippen LogP) is 1.87. The van der Waals surface area contributed by atoms with Gasteiger partial charge in [0.1, 0.15) is 5.82 Å². The molecule has 1 atom stereocenters. The van der Waals surface area contributed by atoms with E-state index < -0.39 is 0 Å². The van der Waals surface area contributed by atoms with Gasteiger partial charge in [-0.05, 0) is 43.9 Å². The number of aliphatic hydroxyl groups is 1. The molecule has 0 amide bonds. The van der Waals surface area contributed by atoms with Gasteiger partial charge in [-0.25, -0.2) is 4.39 Å². The summed E-state index contributed by atoms with van der Waals surface area (Å²) in [6.45, 7) is 2.12. The topological polar surface area (TPSA) is 32.3 Å². The van der Waals surface area contributed by atoms with Crippen molar-refractivity contribution in [3.63, 3.8) is 0 Å². The molecule has 1 fully saturated rings. The molecule has 0 aromatic heterocycles.